The van der Waals surface area contributed by atoms with E-state index in [2.05, 4.69) is 28.9 Å². The number of halogens is 1. The van der Waals surface area contributed by atoms with Crippen molar-refractivity contribution >= 4 is 22.5 Å². The molecule has 2 heteroatoms. The Morgan fingerprint density at radius 3 is 3.00 bits per heavy atom. The van der Waals surface area contributed by atoms with E-state index >= 15 is 0 Å². The van der Waals surface area contributed by atoms with Crippen molar-refractivity contribution in [1.29, 1.82) is 0 Å². The number of fused-ring (bicyclic) bond motifs is 3. The normalized spacial score (nSPS) is 14.6. The highest BCUT2D eigenvalue weighted by molar-refractivity contribution is 6.31. The molecule has 1 nitrogen and oxygen atoms in total. The highest BCUT2D eigenvalue weighted by Crippen LogP contribution is 2.25. The first-order chi connectivity index (χ1) is 6.84. The van der Waals surface area contributed by atoms with Crippen LogP contribution in [-0.2, 0) is 13.0 Å². The Bertz CT molecular complexity index is 522. The third-order valence-corrected chi connectivity index (χ3v) is 2.97. The fraction of sp³-hybridized carbons (Fsp3) is 0.167. The molecule has 0 radical (unpaired) electrons. The summed E-state index contributed by atoms with van der Waals surface area (Å²) in [7, 11) is 0. The lowest BCUT2D eigenvalue weighted by atomic mass is 10.2. The van der Waals surface area contributed by atoms with E-state index < -0.39 is 0 Å². The second-order valence-corrected chi connectivity index (χ2v) is 4.06. The molecule has 14 heavy (non-hydrogen) atoms. The highest BCUT2D eigenvalue weighted by atomic mass is 35.5. The fourth-order valence-corrected chi connectivity index (χ4v) is 2.25. The van der Waals surface area contributed by atoms with E-state index in [1.165, 1.54) is 16.6 Å². The number of hydrogen-bond acceptors (Lipinski definition) is 0. The first-order valence-corrected chi connectivity index (χ1v) is 5.15. The lowest BCUT2D eigenvalue weighted by Crippen LogP contribution is -2.04. The lowest BCUT2D eigenvalue weighted by Gasteiger charge is -2.10. The first kappa shape index (κ1) is 8.13. The van der Waals surface area contributed by atoms with Crippen LogP contribution in [0.1, 0.15) is 5.69 Å². The number of benzene rings is 1. The smallest absolute Gasteiger partial charge is 0.0486 e. The minimum atomic E-state index is 0.813. The average Bonchev–Trinajstić information content (AvgIpc) is 2.54. The minimum absolute atomic E-state index is 0.813. The van der Waals surface area contributed by atoms with Crippen molar-refractivity contribution in [2.75, 3.05) is 0 Å². The van der Waals surface area contributed by atoms with E-state index in [0.29, 0.717) is 0 Å². The average molecular weight is 204 g/mol. The van der Waals surface area contributed by atoms with E-state index in [1.54, 1.807) is 0 Å². The molecule has 1 aromatic heterocycles. The number of rotatable bonds is 0. The van der Waals surface area contributed by atoms with Crippen LogP contribution in [0.4, 0.5) is 0 Å². The summed E-state index contributed by atoms with van der Waals surface area (Å²) in [6.07, 6.45) is 5.46. The molecule has 0 saturated heterocycles. The molecule has 0 saturated carbocycles. The Labute approximate surface area is 87.6 Å². The number of allylic oxidation sites excluding steroid dienone is 2. The Morgan fingerprint density at radius 1 is 1.14 bits per heavy atom. The summed E-state index contributed by atoms with van der Waals surface area (Å²) in [6, 6.07) is 8.31. The molecular weight excluding hydrogens is 194 g/mol. The second kappa shape index (κ2) is 2.89. The molecule has 0 atom stereocenters. The Balaban J connectivity index is 2.33. The van der Waals surface area contributed by atoms with Gasteiger partial charge in [0.1, 0.15) is 0 Å². The van der Waals surface area contributed by atoms with Crippen LogP contribution in [0.15, 0.2) is 36.4 Å². The van der Waals surface area contributed by atoms with Crippen molar-refractivity contribution in [1.82, 2.24) is 4.57 Å². The van der Waals surface area contributed by atoms with Crippen LogP contribution in [0.5, 0.6) is 0 Å². The molecule has 0 aliphatic carbocycles. The molecule has 0 bridgehead atoms. The number of aromatic nitrogens is 1. The summed E-state index contributed by atoms with van der Waals surface area (Å²) in [5, 5.41) is 2.06. The molecule has 0 fully saturated rings. The maximum absolute atomic E-state index is 5.96. The summed E-state index contributed by atoms with van der Waals surface area (Å²) in [4.78, 5) is 0. The van der Waals surface area contributed by atoms with Gasteiger partial charge in [-0.1, -0.05) is 23.8 Å². The van der Waals surface area contributed by atoms with Gasteiger partial charge >= 0.3 is 0 Å². The Hall–Kier alpha value is -1.21. The van der Waals surface area contributed by atoms with E-state index in [4.69, 9.17) is 11.6 Å². The van der Waals surface area contributed by atoms with Crippen molar-refractivity contribution in [2.45, 2.75) is 13.0 Å². The van der Waals surface area contributed by atoms with Gasteiger partial charge in [0.15, 0.2) is 0 Å². The molecule has 0 unspecified atom stereocenters. The zero-order valence-electron chi connectivity index (χ0n) is 7.70. The molecule has 1 aromatic carbocycles. The van der Waals surface area contributed by atoms with Crippen LogP contribution in [0, 0.1) is 0 Å². The van der Waals surface area contributed by atoms with Crippen LogP contribution in [0.25, 0.3) is 10.9 Å². The van der Waals surface area contributed by atoms with Gasteiger partial charge in [-0.05, 0) is 24.3 Å². The molecule has 2 heterocycles. The monoisotopic (exact) mass is 203 g/mol. The van der Waals surface area contributed by atoms with E-state index in [-0.39, 0.29) is 0 Å². The predicted octanol–water partition coefficient (Wildman–Crippen LogP) is 3.41. The van der Waals surface area contributed by atoms with E-state index in [1.807, 2.05) is 12.1 Å². The van der Waals surface area contributed by atoms with Gasteiger partial charge in [-0.25, -0.2) is 0 Å². The van der Waals surface area contributed by atoms with Gasteiger partial charge in [0.25, 0.3) is 0 Å². The van der Waals surface area contributed by atoms with Crippen molar-refractivity contribution < 1.29 is 0 Å². The predicted molar refractivity (Wildman–Crippen MR) is 59.8 cm³/mol. The third-order valence-electron chi connectivity index (χ3n) is 2.73. The molecule has 2 aromatic rings. The topological polar surface area (TPSA) is 4.93 Å². The van der Waals surface area contributed by atoms with Crippen molar-refractivity contribution in [3.05, 3.63) is 47.1 Å². The van der Waals surface area contributed by atoms with Gasteiger partial charge in [0, 0.05) is 34.6 Å². The summed E-state index contributed by atoms with van der Waals surface area (Å²) in [5.74, 6) is 0. The van der Waals surface area contributed by atoms with Crippen LogP contribution in [0.3, 0.4) is 0 Å². The maximum atomic E-state index is 5.96. The Morgan fingerprint density at radius 2 is 2.07 bits per heavy atom. The molecule has 1 aliphatic heterocycles. The van der Waals surface area contributed by atoms with Gasteiger partial charge in [-0.15, -0.1) is 0 Å². The van der Waals surface area contributed by atoms with E-state index in [0.717, 1.165) is 18.0 Å². The second-order valence-electron chi connectivity index (χ2n) is 3.62. The summed E-state index contributed by atoms with van der Waals surface area (Å²) >= 11 is 5.96. The van der Waals surface area contributed by atoms with E-state index in [9.17, 15) is 0 Å². The standard InChI is InChI=1S/C12H10ClN/c13-10-4-5-12-9(7-10)8-11-3-1-2-6-14(11)12/h1-2,4-5,7-8H,3,6H2. The summed E-state index contributed by atoms with van der Waals surface area (Å²) in [5.41, 5.74) is 2.67. The van der Waals surface area contributed by atoms with Gasteiger partial charge in [0.2, 0.25) is 0 Å². The van der Waals surface area contributed by atoms with Crippen molar-refractivity contribution in [3.8, 4) is 0 Å². The first-order valence-electron chi connectivity index (χ1n) is 4.77. The molecule has 0 amide bonds. The SMILES string of the molecule is Clc1ccc2c(c1)cc1n2CC=CC1. The quantitative estimate of drug-likeness (QED) is 0.579. The van der Waals surface area contributed by atoms with Gasteiger partial charge in [-0.2, -0.15) is 0 Å². The molecule has 0 N–H and O–H groups in total. The Kier molecular flexibility index (Phi) is 1.68. The van der Waals surface area contributed by atoms with Crippen molar-refractivity contribution in [3.63, 3.8) is 0 Å². The molecule has 0 spiro atoms. The molecule has 1 aliphatic rings. The minimum Gasteiger partial charge on any atom is -0.340 e. The van der Waals surface area contributed by atoms with Crippen LogP contribution in [0.2, 0.25) is 5.02 Å². The summed E-state index contributed by atoms with van der Waals surface area (Å²) in [6.45, 7) is 0.987. The largest absolute Gasteiger partial charge is 0.340 e. The van der Waals surface area contributed by atoms with Gasteiger partial charge in [-0.3, -0.25) is 0 Å². The van der Waals surface area contributed by atoms with Crippen LogP contribution < -0.4 is 0 Å². The highest BCUT2D eigenvalue weighted by Gasteiger charge is 2.09. The lowest BCUT2D eigenvalue weighted by molar-refractivity contribution is 0.782. The maximum Gasteiger partial charge on any atom is 0.0486 e. The molecule has 70 valence electrons. The molecule has 3 rings (SSSR count). The number of nitrogens with zero attached hydrogens (tertiary/aromatic N) is 1. The zero-order valence-corrected chi connectivity index (χ0v) is 8.46. The fourth-order valence-electron chi connectivity index (χ4n) is 2.07. The number of hydrogen-bond donors (Lipinski definition) is 0. The zero-order chi connectivity index (χ0) is 9.54. The molecular formula is C12H10ClN. The summed E-state index contributed by atoms with van der Waals surface area (Å²) < 4.78 is 2.34. The van der Waals surface area contributed by atoms with Crippen molar-refractivity contribution in [2.24, 2.45) is 0 Å². The van der Waals surface area contributed by atoms with Crippen LogP contribution in [-0.4, -0.2) is 4.57 Å². The third kappa shape index (κ3) is 1.09. The van der Waals surface area contributed by atoms with Gasteiger partial charge in [0.05, 0.1) is 0 Å². The van der Waals surface area contributed by atoms with Gasteiger partial charge < -0.3 is 4.57 Å². The van der Waals surface area contributed by atoms with Crippen LogP contribution >= 0.6 is 11.6 Å².